The molecule has 4 heterocycles. The molecule has 0 aliphatic carbocycles. The number of esters is 1. The van der Waals surface area contributed by atoms with E-state index in [1.54, 1.807) is 49.4 Å². The molecule has 1 aromatic carbocycles. The van der Waals surface area contributed by atoms with Crippen LogP contribution >= 0.6 is 0 Å². The Balaban J connectivity index is 1.47. The Kier molecular flexibility index (Phi) is 12.8. The van der Waals surface area contributed by atoms with Gasteiger partial charge in [0.1, 0.15) is 18.9 Å². The molecule has 0 amide bonds. The fourth-order valence-corrected chi connectivity index (χ4v) is 5.38. The Labute approximate surface area is 296 Å². The van der Waals surface area contributed by atoms with Crippen molar-refractivity contribution in [2.75, 3.05) is 31.7 Å². The Bertz CT molecular complexity index is 2030. The number of methoxy groups -OCH3 is 1. The van der Waals surface area contributed by atoms with Crippen LogP contribution < -0.4 is 18.9 Å². The van der Waals surface area contributed by atoms with Gasteiger partial charge >= 0.3 is 5.97 Å². The fraction of sp³-hybridized carbons (Fsp3) is 0.290. The average molecular weight is 739 g/mol. The molecule has 21 heteroatoms. The normalized spacial score (nSPS) is 11.3. The van der Waals surface area contributed by atoms with E-state index in [1.807, 2.05) is 0 Å². The fourth-order valence-electron chi connectivity index (χ4n) is 4.45. The lowest BCUT2D eigenvalue weighted by Crippen LogP contribution is -2.18. The van der Waals surface area contributed by atoms with Gasteiger partial charge in [-0.3, -0.25) is 29.8 Å². The van der Waals surface area contributed by atoms with Crippen molar-refractivity contribution in [3.05, 3.63) is 66.5 Å². The number of aromatic amines is 1. The van der Waals surface area contributed by atoms with Crippen LogP contribution in [0.15, 0.2) is 66.0 Å². The minimum Gasteiger partial charge on any atom is -0.493 e. The summed E-state index contributed by atoms with van der Waals surface area (Å²) in [7, 11) is -2.90. The van der Waals surface area contributed by atoms with Crippen molar-refractivity contribution in [3.63, 3.8) is 0 Å². The zero-order valence-electron chi connectivity index (χ0n) is 27.9. The van der Waals surface area contributed by atoms with Gasteiger partial charge in [-0.1, -0.05) is 24.6 Å². The van der Waals surface area contributed by atoms with E-state index in [9.17, 15) is 13.2 Å². The summed E-state index contributed by atoms with van der Waals surface area (Å²) < 4.78 is 52.7. The first-order valence-corrected chi connectivity index (χ1v) is 17.1. The SMILES string of the molecule is COc1ccccc1Oc1c(NS(=O)(=O)c2ccc(C)cn2)nc(-c2ccnc(-c3nn[nH]n3)c2)nc1OCCOC(=O)CCCCCON(O)O. The molecule has 20 nitrogen and oxygen atoms in total. The average Bonchev–Trinajstić information content (AvgIpc) is 3.68. The van der Waals surface area contributed by atoms with Gasteiger partial charge in [0.15, 0.2) is 28.2 Å². The van der Waals surface area contributed by atoms with Gasteiger partial charge in [0.25, 0.3) is 15.9 Å². The molecular weight excluding hydrogens is 704 g/mol. The number of unbranched alkanes of at least 4 members (excludes halogenated alkanes) is 2. The van der Waals surface area contributed by atoms with Crippen LogP contribution in [-0.2, 0) is 24.4 Å². The van der Waals surface area contributed by atoms with Crippen LogP contribution in [0, 0.1) is 6.92 Å². The Morgan fingerprint density at radius 2 is 1.79 bits per heavy atom. The summed E-state index contributed by atoms with van der Waals surface area (Å²) in [5.74, 6) is -0.544. The number of hydrogen-bond donors (Lipinski definition) is 4. The number of hydrogen-bond acceptors (Lipinski definition) is 18. The second-order valence-corrected chi connectivity index (χ2v) is 12.3. The van der Waals surface area contributed by atoms with E-state index < -0.39 is 16.0 Å². The number of H-pyrrole nitrogens is 1. The maximum atomic E-state index is 13.6. The van der Waals surface area contributed by atoms with Gasteiger partial charge in [0.05, 0.1) is 19.1 Å². The van der Waals surface area contributed by atoms with Gasteiger partial charge in [-0.25, -0.2) is 9.97 Å². The molecule has 5 rings (SSSR count). The molecule has 5 aromatic rings. The molecule has 0 saturated heterocycles. The van der Waals surface area contributed by atoms with E-state index in [4.69, 9.17) is 29.4 Å². The van der Waals surface area contributed by atoms with Gasteiger partial charge in [0, 0.05) is 24.4 Å². The number of rotatable bonds is 19. The van der Waals surface area contributed by atoms with Crippen LogP contribution in [0.2, 0.25) is 0 Å². The minimum atomic E-state index is -4.34. The van der Waals surface area contributed by atoms with Gasteiger partial charge < -0.3 is 18.9 Å². The van der Waals surface area contributed by atoms with Crippen LogP contribution in [-0.4, -0.2) is 97.7 Å². The molecule has 0 saturated carbocycles. The third-order valence-electron chi connectivity index (χ3n) is 6.92. The second-order valence-electron chi connectivity index (χ2n) is 10.7. The lowest BCUT2D eigenvalue weighted by atomic mass is 10.2. The lowest BCUT2D eigenvalue weighted by molar-refractivity contribution is -0.492. The maximum Gasteiger partial charge on any atom is 0.305 e. The largest absolute Gasteiger partial charge is 0.493 e. The number of carbonyl (C=O) groups excluding carboxylic acids is 1. The topological polar surface area (TPSA) is 259 Å². The highest BCUT2D eigenvalue weighted by atomic mass is 32.2. The molecule has 0 aliphatic heterocycles. The second kappa shape index (κ2) is 17.9. The predicted molar refractivity (Wildman–Crippen MR) is 178 cm³/mol. The number of sulfonamides is 1. The first kappa shape index (κ1) is 37.4. The monoisotopic (exact) mass is 738 g/mol. The van der Waals surface area contributed by atoms with Gasteiger partial charge in [-0.05, 0) is 60.9 Å². The van der Waals surface area contributed by atoms with E-state index in [-0.39, 0.29) is 71.5 Å². The van der Waals surface area contributed by atoms with Crippen molar-refractivity contribution in [3.8, 4) is 46.0 Å². The van der Waals surface area contributed by atoms with Gasteiger partial charge in [-0.15, -0.1) is 10.2 Å². The molecule has 0 atom stereocenters. The summed E-state index contributed by atoms with van der Waals surface area (Å²) in [4.78, 5) is 34.2. The first-order valence-electron chi connectivity index (χ1n) is 15.6. The van der Waals surface area contributed by atoms with Crippen molar-refractivity contribution in [2.24, 2.45) is 0 Å². The molecule has 0 bridgehead atoms. The number of tetrazole rings is 1. The summed E-state index contributed by atoms with van der Waals surface area (Å²) in [5, 5.41) is 30.3. The molecule has 274 valence electrons. The lowest BCUT2D eigenvalue weighted by Gasteiger charge is -2.18. The van der Waals surface area contributed by atoms with E-state index in [0.29, 0.717) is 36.3 Å². The summed E-state index contributed by atoms with van der Waals surface area (Å²) >= 11 is 0. The highest BCUT2D eigenvalue weighted by Gasteiger charge is 2.26. The number of benzene rings is 1. The Hall–Kier alpha value is -5.87. The van der Waals surface area contributed by atoms with Crippen molar-refractivity contribution in [1.82, 2.24) is 45.9 Å². The maximum absolute atomic E-state index is 13.6. The molecule has 0 fully saturated rings. The van der Waals surface area contributed by atoms with Gasteiger partial charge in [-0.2, -0.15) is 18.6 Å². The van der Waals surface area contributed by atoms with Gasteiger partial charge in [0.2, 0.25) is 11.6 Å². The van der Waals surface area contributed by atoms with Crippen molar-refractivity contribution >= 4 is 21.8 Å². The summed E-state index contributed by atoms with van der Waals surface area (Å²) in [6.07, 6.45) is 4.51. The number of pyridine rings is 2. The number of anilines is 1. The zero-order valence-corrected chi connectivity index (χ0v) is 28.7. The number of para-hydroxylation sites is 2. The van der Waals surface area contributed by atoms with Crippen LogP contribution in [0.5, 0.6) is 23.1 Å². The Morgan fingerprint density at radius 3 is 2.52 bits per heavy atom. The minimum absolute atomic E-state index is 0.00409. The van der Waals surface area contributed by atoms with Crippen LogP contribution in [0.3, 0.4) is 0 Å². The summed E-state index contributed by atoms with van der Waals surface area (Å²) in [6.45, 7) is 1.43. The van der Waals surface area contributed by atoms with E-state index in [0.717, 1.165) is 5.56 Å². The summed E-state index contributed by atoms with van der Waals surface area (Å²) in [5.41, 5.74) is 1.45. The van der Waals surface area contributed by atoms with Crippen molar-refractivity contribution in [2.45, 2.75) is 37.6 Å². The Morgan fingerprint density at radius 1 is 0.962 bits per heavy atom. The van der Waals surface area contributed by atoms with E-state index in [1.165, 1.54) is 25.6 Å². The third-order valence-corrected chi connectivity index (χ3v) is 8.17. The molecule has 0 radical (unpaired) electrons. The van der Waals surface area contributed by atoms with Crippen molar-refractivity contribution < 1.29 is 47.4 Å². The highest BCUT2D eigenvalue weighted by molar-refractivity contribution is 7.92. The molecule has 52 heavy (non-hydrogen) atoms. The molecule has 0 spiro atoms. The van der Waals surface area contributed by atoms with Crippen LogP contribution in [0.1, 0.15) is 31.2 Å². The highest BCUT2D eigenvalue weighted by Crippen LogP contribution is 2.41. The zero-order chi connectivity index (χ0) is 36.9. The number of aromatic nitrogens is 8. The third kappa shape index (κ3) is 10.3. The predicted octanol–water partition coefficient (Wildman–Crippen LogP) is 3.52. The first-order chi connectivity index (χ1) is 25.1. The molecule has 0 aliphatic rings. The molecule has 4 N–H and O–H groups in total. The number of nitrogens with zero attached hydrogens (tertiary/aromatic N) is 8. The van der Waals surface area contributed by atoms with E-state index in [2.05, 4.69) is 50.1 Å². The number of nitrogens with one attached hydrogen (secondary N) is 2. The van der Waals surface area contributed by atoms with Crippen molar-refractivity contribution in [1.29, 1.82) is 0 Å². The molecule has 0 unspecified atom stereocenters. The number of carbonyl (C=O) groups is 1. The number of ether oxygens (including phenoxy) is 4. The standard InChI is InChI=1S/C31H34N10O10S/c1-20-11-12-25(33-19-20)52(45,46)38-30-27(51-24-9-6-5-8-23(24)47-2)31(49-17-16-48-26(42)10-4-3-7-15-50-41(43)44)35-28(34-30)21-13-14-32-22(18-21)29-36-39-40-37-29/h5-6,8-9,11-14,18-19,43-44H,3-4,7,10,15-17H2,1-2H3,(H,34,35,38)(H,36,37,39,40). The van der Waals surface area contributed by atoms with Crippen LogP contribution in [0.25, 0.3) is 22.9 Å². The van der Waals surface area contributed by atoms with E-state index >= 15 is 0 Å². The van der Waals surface area contributed by atoms with Crippen LogP contribution in [0.4, 0.5) is 5.82 Å². The quantitative estimate of drug-likeness (QED) is 0.0536. The smallest absolute Gasteiger partial charge is 0.305 e. The molecule has 4 aromatic heterocycles. The number of aryl methyl sites for hydroxylation is 1. The summed E-state index contributed by atoms with van der Waals surface area (Å²) in [6, 6.07) is 12.7. The molecular formula is C31H34N10O10S.